The van der Waals surface area contributed by atoms with E-state index < -0.39 is 6.04 Å². The van der Waals surface area contributed by atoms with Crippen LogP contribution in [0.1, 0.15) is 28.9 Å². The maximum atomic E-state index is 12.9. The van der Waals surface area contributed by atoms with Crippen molar-refractivity contribution in [2.24, 2.45) is 0 Å². The van der Waals surface area contributed by atoms with Gasteiger partial charge in [0, 0.05) is 41.1 Å². The average molecular weight is 528 g/mol. The third-order valence-electron chi connectivity index (χ3n) is 6.70. The molecule has 0 radical (unpaired) electrons. The van der Waals surface area contributed by atoms with Crippen molar-refractivity contribution in [2.45, 2.75) is 35.2 Å². The molecule has 10 heteroatoms. The number of carbonyl (C=O) groups is 3. The van der Waals surface area contributed by atoms with Gasteiger partial charge in [-0.1, -0.05) is 23.9 Å². The third kappa shape index (κ3) is 4.82. The van der Waals surface area contributed by atoms with Crippen molar-refractivity contribution >= 4 is 40.4 Å². The Hall–Kier alpha value is -4.31. The van der Waals surface area contributed by atoms with E-state index in [1.165, 1.54) is 0 Å². The number of fused-ring (bicyclic) bond motifs is 3. The number of pyridine rings is 1. The van der Waals surface area contributed by atoms with Crippen molar-refractivity contribution in [3.05, 3.63) is 78.2 Å². The van der Waals surface area contributed by atoms with Crippen LogP contribution in [0.4, 0.5) is 0 Å². The lowest BCUT2D eigenvalue weighted by Gasteiger charge is -2.24. The number of nitrogens with zero attached hydrogens (tertiary/aromatic N) is 2. The fourth-order valence-corrected chi connectivity index (χ4v) is 5.73. The minimum absolute atomic E-state index is 0.187. The van der Waals surface area contributed by atoms with Gasteiger partial charge < -0.3 is 25.3 Å². The van der Waals surface area contributed by atoms with Gasteiger partial charge in [0.25, 0.3) is 5.91 Å². The van der Waals surface area contributed by atoms with E-state index in [0.717, 1.165) is 38.6 Å². The zero-order valence-corrected chi connectivity index (χ0v) is 21.2. The highest BCUT2D eigenvalue weighted by molar-refractivity contribution is 7.99. The number of nitrogens with one attached hydrogen (secondary N) is 3. The highest BCUT2D eigenvalue weighted by Crippen LogP contribution is 2.46. The van der Waals surface area contributed by atoms with Crippen LogP contribution in [0.5, 0.6) is 11.5 Å². The monoisotopic (exact) mass is 527 g/mol. The second-order valence-electron chi connectivity index (χ2n) is 9.22. The van der Waals surface area contributed by atoms with E-state index in [9.17, 15) is 14.4 Å². The summed E-state index contributed by atoms with van der Waals surface area (Å²) in [6.45, 7) is 0.618. The Morgan fingerprint density at radius 1 is 1.05 bits per heavy atom. The van der Waals surface area contributed by atoms with Gasteiger partial charge in [0.05, 0.1) is 22.9 Å². The van der Waals surface area contributed by atoms with E-state index in [0.29, 0.717) is 30.8 Å². The number of hydrogen-bond acceptors (Lipinski definition) is 6. The minimum Gasteiger partial charge on any atom is -0.455 e. The number of para-hydroxylation sites is 1. The van der Waals surface area contributed by atoms with Crippen LogP contribution in [0.15, 0.2) is 76.8 Å². The number of rotatable bonds is 6. The van der Waals surface area contributed by atoms with Crippen LogP contribution in [0.2, 0.25) is 0 Å². The number of H-pyrrole nitrogens is 1. The van der Waals surface area contributed by atoms with E-state index >= 15 is 0 Å². The molecule has 0 saturated carbocycles. The smallest absolute Gasteiger partial charge is 0.251 e. The van der Waals surface area contributed by atoms with Crippen molar-refractivity contribution in [3.63, 3.8) is 0 Å². The molecule has 2 aromatic heterocycles. The van der Waals surface area contributed by atoms with Gasteiger partial charge in [-0.15, -0.1) is 0 Å². The molecule has 2 aliphatic rings. The predicted molar refractivity (Wildman–Crippen MR) is 142 cm³/mol. The fraction of sp³-hybridized carbons (Fsp3) is 0.214. The van der Waals surface area contributed by atoms with Gasteiger partial charge in [-0.25, -0.2) is 0 Å². The van der Waals surface area contributed by atoms with Crippen molar-refractivity contribution in [1.82, 2.24) is 25.5 Å². The first kappa shape index (κ1) is 24.1. The average Bonchev–Trinajstić information content (AvgIpc) is 3.60. The first-order chi connectivity index (χ1) is 18.5. The topological polar surface area (TPSA) is 116 Å². The molecule has 0 aliphatic carbocycles. The second kappa shape index (κ2) is 10.2. The Labute approximate surface area is 223 Å². The van der Waals surface area contributed by atoms with Crippen LogP contribution in [-0.4, -0.2) is 51.7 Å². The Morgan fingerprint density at radius 2 is 1.92 bits per heavy atom. The summed E-state index contributed by atoms with van der Waals surface area (Å²) in [4.78, 5) is 49.5. The molecule has 1 unspecified atom stereocenters. The lowest BCUT2D eigenvalue weighted by molar-refractivity contribution is -0.137. The van der Waals surface area contributed by atoms with Crippen molar-refractivity contribution in [2.75, 3.05) is 13.1 Å². The summed E-state index contributed by atoms with van der Waals surface area (Å²) >= 11 is 1.58. The Kier molecular flexibility index (Phi) is 6.47. The molecule has 0 bridgehead atoms. The first-order valence-corrected chi connectivity index (χ1v) is 13.2. The van der Waals surface area contributed by atoms with Gasteiger partial charge in [-0.3, -0.25) is 19.4 Å². The van der Waals surface area contributed by atoms with Crippen molar-refractivity contribution in [1.29, 1.82) is 0 Å². The molecule has 9 nitrogen and oxygen atoms in total. The number of benzene rings is 2. The number of aromatic amines is 1. The number of amides is 3. The van der Waals surface area contributed by atoms with Crippen LogP contribution < -0.4 is 15.4 Å². The maximum absolute atomic E-state index is 12.9. The molecule has 4 heterocycles. The molecule has 1 fully saturated rings. The molecular weight excluding hydrogens is 502 g/mol. The van der Waals surface area contributed by atoms with Crippen LogP contribution in [0, 0.1) is 0 Å². The SMILES string of the molecule is O=C(NCC(=O)N1CCCC1C(=O)NCc1cc2cnccc2[nH]1)c1ccc2c(c1)Oc1ccccc1S2. The molecule has 1 saturated heterocycles. The lowest BCUT2D eigenvalue weighted by atomic mass is 10.2. The van der Waals surface area contributed by atoms with E-state index in [1.54, 1.807) is 41.2 Å². The standard InChI is InChI=1S/C28H25N5O4S/c34-26(16-31-27(35)17-7-8-25-23(13-17)37-22-5-1-2-6-24(22)38-25)33-11-3-4-21(33)28(36)30-15-19-12-18-14-29-10-9-20(18)32-19/h1-2,5-10,12-14,21,32H,3-4,11,15-16H2,(H,30,36)(H,31,35). The maximum Gasteiger partial charge on any atom is 0.251 e. The number of carbonyl (C=O) groups excluding carboxylic acids is 3. The molecule has 3 N–H and O–H groups in total. The highest BCUT2D eigenvalue weighted by atomic mass is 32.2. The van der Waals surface area contributed by atoms with Crippen molar-refractivity contribution < 1.29 is 19.1 Å². The van der Waals surface area contributed by atoms with Crippen LogP contribution in [0.3, 0.4) is 0 Å². The van der Waals surface area contributed by atoms with Crippen LogP contribution in [-0.2, 0) is 16.1 Å². The minimum atomic E-state index is -0.556. The van der Waals surface area contributed by atoms with Gasteiger partial charge in [-0.05, 0) is 55.3 Å². The molecule has 1 atom stereocenters. The molecule has 192 valence electrons. The Bertz CT molecular complexity index is 1520. The summed E-state index contributed by atoms with van der Waals surface area (Å²) in [5.74, 6) is 0.491. The number of hydrogen-bond donors (Lipinski definition) is 3. The zero-order chi connectivity index (χ0) is 26.1. The normalized spacial score (nSPS) is 15.9. The van der Waals surface area contributed by atoms with E-state index in [4.69, 9.17) is 4.74 Å². The van der Waals surface area contributed by atoms with Crippen molar-refractivity contribution in [3.8, 4) is 11.5 Å². The van der Waals surface area contributed by atoms with E-state index in [-0.39, 0.29) is 24.3 Å². The molecule has 38 heavy (non-hydrogen) atoms. The summed E-state index contributed by atoms with van der Waals surface area (Å²) < 4.78 is 5.96. The van der Waals surface area contributed by atoms with Crippen LogP contribution >= 0.6 is 11.8 Å². The van der Waals surface area contributed by atoms with Gasteiger partial charge in [-0.2, -0.15) is 0 Å². The summed E-state index contributed by atoms with van der Waals surface area (Å²) in [6.07, 6.45) is 4.79. The summed E-state index contributed by atoms with van der Waals surface area (Å²) in [6, 6.07) is 16.2. The molecule has 0 spiro atoms. The molecular formula is C28H25N5O4S. The number of ether oxygens (including phenoxy) is 1. The molecule has 3 amide bonds. The van der Waals surface area contributed by atoms with Gasteiger partial charge in [0.15, 0.2) is 0 Å². The molecule has 4 aromatic rings. The van der Waals surface area contributed by atoms with E-state index in [2.05, 4.69) is 20.6 Å². The van der Waals surface area contributed by atoms with Gasteiger partial charge in [0.2, 0.25) is 11.8 Å². The number of likely N-dealkylation sites (tertiary alicyclic amines) is 1. The predicted octanol–water partition coefficient (Wildman–Crippen LogP) is 3.86. The van der Waals surface area contributed by atoms with E-state index in [1.807, 2.05) is 42.5 Å². The third-order valence-corrected chi connectivity index (χ3v) is 7.82. The lowest BCUT2D eigenvalue weighted by Crippen LogP contribution is -2.48. The highest BCUT2D eigenvalue weighted by Gasteiger charge is 2.34. The summed E-state index contributed by atoms with van der Waals surface area (Å²) in [7, 11) is 0. The zero-order valence-electron chi connectivity index (χ0n) is 20.4. The Balaban J connectivity index is 1.04. The second-order valence-corrected chi connectivity index (χ2v) is 10.3. The molecule has 2 aliphatic heterocycles. The van der Waals surface area contributed by atoms with Gasteiger partial charge in [0.1, 0.15) is 17.5 Å². The fourth-order valence-electron chi connectivity index (χ4n) is 4.79. The quantitative estimate of drug-likeness (QED) is 0.309. The Morgan fingerprint density at radius 3 is 2.82 bits per heavy atom. The largest absolute Gasteiger partial charge is 0.455 e. The van der Waals surface area contributed by atoms with Gasteiger partial charge >= 0.3 is 0 Å². The summed E-state index contributed by atoms with van der Waals surface area (Å²) in [5.41, 5.74) is 2.22. The summed E-state index contributed by atoms with van der Waals surface area (Å²) in [5, 5.41) is 6.60. The first-order valence-electron chi connectivity index (χ1n) is 12.4. The van der Waals surface area contributed by atoms with Crippen LogP contribution in [0.25, 0.3) is 10.9 Å². The number of aromatic nitrogens is 2. The molecule has 6 rings (SSSR count). The molecule has 2 aromatic carbocycles.